The topological polar surface area (TPSA) is 86.3 Å². The van der Waals surface area contributed by atoms with Crippen molar-refractivity contribution in [2.24, 2.45) is 5.92 Å². The van der Waals surface area contributed by atoms with Gasteiger partial charge in [0.15, 0.2) is 0 Å². The molecule has 0 amide bonds. The first-order valence-electron chi connectivity index (χ1n) is 9.46. The summed E-state index contributed by atoms with van der Waals surface area (Å²) >= 11 is 0. The van der Waals surface area contributed by atoms with Gasteiger partial charge in [-0.15, -0.1) is 0 Å². The zero-order valence-corrected chi connectivity index (χ0v) is 15.0. The second-order valence-corrected chi connectivity index (χ2v) is 7.23. The zero-order chi connectivity index (χ0) is 17.8. The van der Waals surface area contributed by atoms with Crippen LogP contribution in [-0.2, 0) is 11.3 Å². The minimum absolute atomic E-state index is 0.251. The summed E-state index contributed by atoms with van der Waals surface area (Å²) < 4.78 is 5.46. The molecule has 2 aromatic rings. The van der Waals surface area contributed by atoms with Crippen LogP contribution >= 0.6 is 0 Å². The van der Waals surface area contributed by atoms with Gasteiger partial charge in [-0.3, -0.25) is 5.10 Å². The molecule has 1 unspecified atom stereocenters. The van der Waals surface area contributed by atoms with Crippen LogP contribution in [0.1, 0.15) is 30.1 Å². The number of morpholine rings is 1. The lowest BCUT2D eigenvalue weighted by Gasteiger charge is -2.30. The van der Waals surface area contributed by atoms with Crippen LogP contribution in [0.25, 0.3) is 0 Å². The summed E-state index contributed by atoms with van der Waals surface area (Å²) in [5.41, 5.74) is 2.59. The molecule has 1 aliphatic heterocycles. The molecule has 26 heavy (non-hydrogen) atoms. The van der Waals surface area contributed by atoms with Gasteiger partial charge in [-0.2, -0.15) is 5.10 Å². The van der Waals surface area contributed by atoms with Crippen molar-refractivity contribution in [3.05, 3.63) is 42.0 Å². The lowest BCUT2D eigenvalue weighted by molar-refractivity contribution is 0.122. The molecular formula is C19H27N5O2. The van der Waals surface area contributed by atoms with E-state index in [1.807, 2.05) is 0 Å². The van der Waals surface area contributed by atoms with Crippen LogP contribution in [0.4, 0.5) is 5.69 Å². The third-order valence-corrected chi connectivity index (χ3v) is 5.54. The van der Waals surface area contributed by atoms with Crippen LogP contribution in [-0.4, -0.2) is 59.2 Å². The van der Waals surface area contributed by atoms with Crippen LogP contribution in [0.15, 0.2) is 30.6 Å². The molecule has 3 N–H and O–H groups in total. The van der Waals surface area contributed by atoms with E-state index in [0.29, 0.717) is 0 Å². The van der Waals surface area contributed by atoms with Crippen LogP contribution in [0.5, 0.6) is 0 Å². The van der Waals surface area contributed by atoms with E-state index in [-0.39, 0.29) is 17.9 Å². The van der Waals surface area contributed by atoms with Crippen molar-refractivity contribution in [2.75, 3.05) is 37.7 Å². The Morgan fingerprint density at radius 2 is 2.08 bits per heavy atom. The molecule has 1 aromatic carbocycles. The van der Waals surface area contributed by atoms with Gasteiger partial charge in [0.25, 0.3) is 0 Å². The molecule has 0 bridgehead atoms. The summed E-state index contributed by atoms with van der Waals surface area (Å²) in [4.78, 5) is 6.64. The molecule has 3 atom stereocenters. The number of aliphatic hydroxyl groups excluding tert-OH is 1. The van der Waals surface area contributed by atoms with Crippen molar-refractivity contribution in [3.8, 4) is 0 Å². The Morgan fingerprint density at radius 1 is 1.23 bits per heavy atom. The number of aliphatic hydroxyl groups is 1. The van der Waals surface area contributed by atoms with E-state index in [9.17, 15) is 5.11 Å². The number of hydrogen-bond acceptors (Lipinski definition) is 6. The quantitative estimate of drug-likeness (QED) is 0.722. The number of nitrogens with zero attached hydrogens (tertiary/aromatic N) is 3. The maximum atomic E-state index is 10.4. The number of rotatable bonds is 6. The van der Waals surface area contributed by atoms with Crippen molar-refractivity contribution in [2.45, 2.75) is 31.4 Å². The first-order valence-corrected chi connectivity index (χ1v) is 9.46. The fraction of sp³-hybridized carbons (Fsp3) is 0.579. The van der Waals surface area contributed by atoms with E-state index in [2.05, 4.69) is 49.7 Å². The van der Waals surface area contributed by atoms with Gasteiger partial charge in [0, 0.05) is 37.8 Å². The highest BCUT2D eigenvalue weighted by molar-refractivity contribution is 5.53. The summed E-state index contributed by atoms with van der Waals surface area (Å²) in [5.74, 6) is 1.42. The summed E-state index contributed by atoms with van der Waals surface area (Å²) in [6, 6.07) is 8.55. The molecule has 2 heterocycles. The van der Waals surface area contributed by atoms with Gasteiger partial charge < -0.3 is 20.1 Å². The lowest BCUT2D eigenvalue weighted by Crippen LogP contribution is -2.37. The largest absolute Gasteiger partial charge is 0.393 e. The molecule has 2 fully saturated rings. The molecule has 4 rings (SSSR count). The molecule has 0 radical (unpaired) electrons. The van der Waals surface area contributed by atoms with E-state index in [1.165, 1.54) is 17.6 Å². The minimum atomic E-state index is -0.285. The van der Waals surface area contributed by atoms with Crippen LogP contribution < -0.4 is 10.2 Å². The molecule has 1 saturated heterocycles. The summed E-state index contributed by atoms with van der Waals surface area (Å²) in [6.07, 6.45) is 2.95. The molecule has 1 aromatic heterocycles. The number of para-hydroxylation sites is 1. The Labute approximate surface area is 153 Å². The van der Waals surface area contributed by atoms with Gasteiger partial charge in [0.2, 0.25) is 0 Å². The average Bonchev–Trinajstić information content (AvgIpc) is 3.33. The summed E-state index contributed by atoms with van der Waals surface area (Å²) in [6.45, 7) is 5.08. The van der Waals surface area contributed by atoms with Gasteiger partial charge in [0.1, 0.15) is 12.2 Å². The van der Waals surface area contributed by atoms with E-state index >= 15 is 0 Å². The van der Waals surface area contributed by atoms with Crippen LogP contribution in [0, 0.1) is 5.92 Å². The van der Waals surface area contributed by atoms with Crippen molar-refractivity contribution in [1.29, 1.82) is 0 Å². The fourth-order valence-corrected chi connectivity index (χ4v) is 4.12. The highest BCUT2D eigenvalue weighted by atomic mass is 16.5. The first-order chi connectivity index (χ1) is 12.8. The predicted molar refractivity (Wildman–Crippen MR) is 99.0 cm³/mol. The highest BCUT2D eigenvalue weighted by Crippen LogP contribution is 2.36. The van der Waals surface area contributed by atoms with E-state index < -0.39 is 0 Å². The Balaban J connectivity index is 1.32. The second-order valence-electron chi connectivity index (χ2n) is 7.23. The summed E-state index contributed by atoms with van der Waals surface area (Å²) in [7, 11) is 0. The number of aromatic amines is 1. The van der Waals surface area contributed by atoms with Gasteiger partial charge in [-0.25, -0.2) is 4.98 Å². The van der Waals surface area contributed by atoms with Crippen molar-refractivity contribution in [1.82, 2.24) is 20.5 Å². The number of ether oxygens (including phenoxy) is 1. The molecule has 1 saturated carbocycles. The predicted octanol–water partition coefficient (Wildman–Crippen LogP) is 1.29. The molecule has 7 heteroatoms. The summed E-state index contributed by atoms with van der Waals surface area (Å²) in [5, 5.41) is 20.8. The zero-order valence-electron chi connectivity index (χ0n) is 15.0. The molecule has 1 aliphatic carbocycles. The molecule has 7 nitrogen and oxygen atoms in total. The van der Waals surface area contributed by atoms with Gasteiger partial charge in [-0.05, 0) is 30.4 Å². The normalized spacial score (nSPS) is 26.3. The number of hydrogen-bond donors (Lipinski definition) is 3. The Morgan fingerprint density at radius 3 is 2.88 bits per heavy atom. The first kappa shape index (κ1) is 17.5. The number of benzene rings is 1. The number of aromatic nitrogens is 3. The van der Waals surface area contributed by atoms with Crippen molar-refractivity contribution < 1.29 is 9.84 Å². The molecule has 2 aliphatic rings. The second kappa shape index (κ2) is 8.16. The highest BCUT2D eigenvalue weighted by Gasteiger charge is 2.34. The van der Waals surface area contributed by atoms with E-state index in [0.717, 1.165) is 58.1 Å². The molecule has 140 valence electrons. The van der Waals surface area contributed by atoms with Crippen LogP contribution in [0.3, 0.4) is 0 Å². The lowest BCUT2D eigenvalue weighted by atomic mass is 10.0. The van der Waals surface area contributed by atoms with E-state index in [4.69, 9.17) is 4.74 Å². The van der Waals surface area contributed by atoms with Crippen molar-refractivity contribution >= 4 is 5.69 Å². The van der Waals surface area contributed by atoms with Gasteiger partial charge in [-0.1, -0.05) is 18.2 Å². The Kier molecular flexibility index (Phi) is 5.48. The maximum absolute atomic E-state index is 10.4. The molecule has 0 spiro atoms. The SMILES string of the molecule is O[C@@H]1CC(c2ncn[nH]2)C[C@@H]1CNCc1ccccc1N1CCOCC1. The van der Waals surface area contributed by atoms with Crippen molar-refractivity contribution in [3.63, 3.8) is 0 Å². The standard InChI is InChI=1S/C19H27N5O2/c25-18-10-15(19-21-13-22-23-19)9-16(18)12-20-11-14-3-1-2-4-17(14)24-5-7-26-8-6-24/h1-4,13,15-16,18,20,25H,5-12H2,(H,21,22,23)/t15?,16-,18-/m1/s1. The minimum Gasteiger partial charge on any atom is -0.393 e. The van der Waals surface area contributed by atoms with Gasteiger partial charge >= 0.3 is 0 Å². The smallest absolute Gasteiger partial charge is 0.137 e. The van der Waals surface area contributed by atoms with Crippen LogP contribution in [0.2, 0.25) is 0 Å². The maximum Gasteiger partial charge on any atom is 0.137 e. The Hall–Kier alpha value is -1.96. The number of nitrogens with one attached hydrogen (secondary N) is 2. The third kappa shape index (κ3) is 3.90. The Bertz CT molecular complexity index is 687. The monoisotopic (exact) mass is 357 g/mol. The fourth-order valence-electron chi connectivity index (χ4n) is 4.12. The van der Waals surface area contributed by atoms with Gasteiger partial charge in [0.05, 0.1) is 19.3 Å². The number of anilines is 1. The number of H-pyrrole nitrogens is 1. The van der Waals surface area contributed by atoms with E-state index in [1.54, 1.807) is 0 Å². The third-order valence-electron chi connectivity index (χ3n) is 5.54. The molecular weight excluding hydrogens is 330 g/mol. The average molecular weight is 357 g/mol.